The fourth-order valence-corrected chi connectivity index (χ4v) is 2.22. The van der Waals surface area contributed by atoms with Crippen molar-refractivity contribution in [1.29, 1.82) is 0 Å². The molecule has 2 fully saturated rings. The van der Waals surface area contributed by atoms with Gasteiger partial charge in [0.25, 0.3) is 0 Å². The molecule has 2 aliphatic rings. The molecular weight excluding hydrogens is 140 g/mol. The van der Waals surface area contributed by atoms with Crippen molar-refractivity contribution in [3.05, 3.63) is 0 Å². The van der Waals surface area contributed by atoms with E-state index in [1.54, 1.807) is 7.11 Å². The summed E-state index contributed by atoms with van der Waals surface area (Å²) in [6.07, 6.45) is 5.37. The molecule has 64 valence electrons. The van der Waals surface area contributed by atoms with Gasteiger partial charge in [-0.25, -0.2) is 0 Å². The highest BCUT2D eigenvalue weighted by molar-refractivity contribution is 4.89. The second-order valence-corrected chi connectivity index (χ2v) is 3.42. The fourth-order valence-electron chi connectivity index (χ4n) is 2.22. The van der Waals surface area contributed by atoms with Crippen LogP contribution in [0.2, 0.25) is 0 Å². The smallest absolute Gasteiger partial charge is 0.0738 e. The molecule has 0 aromatic carbocycles. The molecule has 1 aliphatic heterocycles. The molecule has 0 bridgehead atoms. The number of rotatable bonds is 1. The summed E-state index contributed by atoms with van der Waals surface area (Å²) in [4.78, 5) is 5.25. The number of nitrogens with one attached hydrogen (secondary N) is 1. The van der Waals surface area contributed by atoms with E-state index >= 15 is 0 Å². The van der Waals surface area contributed by atoms with Gasteiger partial charge in [-0.15, -0.1) is 0 Å². The summed E-state index contributed by atoms with van der Waals surface area (Å²) in [6.45, 7) is 0.909. The predicted molar refractivity (Wildman–Crippen MR) is 42.9 cm³/mol. The summed E-state index contributed by atoms with van der Waals surface area (Å²) < 4.78 is 0. The van der Waals surface area contributed by atoms with Gasteiger partial charge in [-0.05, 0) is 12.8 Å². The van der Waals surface area contributed by atoms with Crippen LogP contribution in [0, 0.1) is 0 Å². The third-order valence-electron chi connectivity index (χ3n) is 2.84. The average Bonchev–Trinajstić information content (AvgIpc) is 2.47. The van der Waals surface area contributed by atoms with Crippen molar-refractivity contribution in [2.45, 2.75) is 37.8 Å². The van der Waals surface area contributed by atoms with Gasteiger partial charge in [0.05, 0.1) is 19.8 Å². The minimum Gasteiger partial charge on any atom is -0.301 e. The molecule has 0 radical (unpaired) electrons. The van der Waals surface area contributed by atoms with Gasteiger partial charge in [-0.2, -0.15) is 5.06 Å². The Kier molecular flexibility index (Phi) is 2.11. The Hall–Kier alpha value is -0.120. The van der Waals surface area contributed by atoms with Crippen LogP contribution in [0.3, 0.4) is 0 Å². The van der Waals surface area contributed by atoms with Crippen LogP contribution in [0.4, 0.5) is 0 Å². The van der Waals surface area contributed by atoms with E-state index in [1.807, 2.05) is 0 Å². The van der Waals surface area contributed by atoms with Gasteiger partial charge in [0.15, 0.2) is 0 Å². The molecule has 0 aromatic rings. The largest absolute Gasteiger partial charge is 0.301 e. The van der Waals surface area contributed by atoms with Crippen LogP contribution in [-0.4, -0.2) is 30.9 Å². The van der Waals surface area contributed by atoms with Crippen molar-refractivity contribution < 1.29 is 4.84 Å². The number of nitrogens with zero attached hydrogens (tertiary/aromatic N) is 1. The zero-order valence-corrected chi connectivity index (χ0v) is 7.05. The molecule has 0 amide bonds. The van der Waals surface area contributed by atoms with Crippen molar-refractivity contribution in [2.75, 3.05) is 13.8 Å². The van der Waals surface area contributed by atoms with Crippen LogP contribution in [-0.2, 0) is 4.84 Å². The maximum atomic E-state index is 5.25. The first-order chi connectivity index (χ1) is 5.42. The lowest BCUT2D eigenvalue weighted by molar-refractivity contribution is -0.147. The van der Waals surface area contributed by atoms with E-state index in [-0.39, 0.29) is 0 Å². The van der Waals surface area contributed by atoms with Crippen molar-refractivity contribution >= 4 is 0 Å². The van der Waals surface area contributed by atoms with E-state index in [0.717, 1.165) is 6.67 Å². The lowest BCUT2D eigenvalue weighted by Gasteiger charge is -2.28. The van der Waals surface area contributed by atoms with Crippen LogP contribution in [0.5, 0.6) is 0 Å². The molecule has 1 N–H and O–H groups in total. The van der Waals surface area contributed by atoms with E-state index in [2.05, 4.69) is 10.4 Å². The second-order valence-electron chi connectivity index (χ2n) is 3.42. The summed E-state index contributed by atoms with van der Waals surface area (Å²) in [5, 5.41) is 5.53. The molecule has 3 nitrogen and oxygen atoms in total. The van der Waals surface area contributed by atoms with Crippen molar-refractivity contribution in [3.63, 3.8) is 0 Å². The number of hydrogen-bond acceptors (Lipinski definition) is 3. The number of hydroxylamine groups is 2. The highest BCUT2D eigenvalue weighted by Gasteiger charge is 2.35. The first kappa shape index (κ1) is 7.53. The van der Waals surface area contributed by atoms with E-state index in [9.17, 15) is 0 Å². The van der Waals surface area contributed by atoms with Crippen molar-refractivity contribution in [3.8, 4) is 0 Å². The molecule has 0 aromatic heterocycles. The van der Waals surface area contributed by atoms with Crippen LogP contribution in [0.15, 0.2) is 0 Å². The molecule has 0 spiro atoms. The van der Waals surface area contributed by atoms with Crippen LogP contribution in [0.1, 0.15) is 25.7 Å². The number of hydrogen-bond donors (Lipinski definition) is 1. The van der Waals surface area contributed by atoms with Crippen LogP contribution in [0.25, 0.3) is 0 Å². The average molecular weight is 156 g/mol. The third-order valence-corrected chi connectivity index (χ3v) is 2.84. The summed E-state index contributed by atoms with van der Waals surface area (Å²) in [6, 6.07) is 1.34. The van der Waals surface area contributed by atoms with Gasteiger partial charge in [0.2, 0.25) is 0 Å². The van der Waals surface area contributed by atoms with E-state index < -0.39 is 0 Å². The van der Waals surface area contributed by atoms with Gasteiger partial charge < -0.3 is 4.84 Å². The summed E-state index contributed by atoms with van der Waals surface area (Å²) in [5.41, 5.74) is 0. The van der Waals surface area contributed by atoms with Gasteiger partial charge in [0.1, 0.15) is 0 Å². The molecule has 1 saturated carbocycles. The normalized spacial score (nSPS) is 39.0. The minimum atomic E-state index is 0.647. The highest BCUT2D eigenvalue weighted by Crippen LogP contribution is 2.26. The lowest BCUT2D eigenvalue weighted by Crippen LogP contribution is -2.38. The first-order valence-corrected chi connectivity index (χ1v) is 4.46. The Morgan fingerprint density at radius 2 is 2.18 bits per heavy atom. The zero-order chi connectivity index (χ0) is 7.68. The highest BCUT2D eigenvalue weighted by atomic mass is 16.7. The Morgan fingerprint density at radius 1 is 1.36 bits per heavy atom. The predicted octanol–water partition coefficient (Wildman–Crippen LogP) is 0.722. The van der Waals surface area contributed by atoms with Gasteiger partial charge in [0, 0.05) is 6.04 Å². The molecule has 11 heavy (non-hydrogen) atoms. The van der Waals surface area contributed by atoms with Gasteiger partial charge in [-0.1, -0.05) is 12.8 Å². The van der Waals surface area contributed by atoms with E-state index in [1.165, 1.54) is 25.7 Å². The second kappa shape index (κ2) is 3.09. The molecule has 2 rings (SSSR count). The third kappa shape index (κ3) is 1.28. The summed E-state index contributed by atoms with van der Waals surface area (Å²) >= 11 is 0. The minimum absolute atomic E-state index is 0.647. The van der Waals surface area contributed by atoms with Crippen LogP contribution < -0.4 is 5.32 Å². The molecule has 2 unspecified atom stereocenters. The topological polar surface area (TPSA) is 24.5 Å². The Bertz CT molecular complexity index is 134. The van der Waals surface area contributed by atoms with Crippen molar-refractivity contribution in [1.82, 2.24) is 10.4 Å². The first-order valence-electron chi connectivity index (χ1n) is 4.46. The quantitative estimate of drug-likeness (QED) is 0.605. The molecule has 1 heterocycles. The number of fused-ring (bicyclic) bond motifs is 1. The monoisotopic (exact) mass is 156 g/mol. The molecule has 2 atom stereocenters. The Balaban J connectivity index is 1.98. The zero-order valence-electron chi connectivity index (χ0n) is 7.05. The molecule has 1 saturated heterocycles. The van der Waals surface area contributed by atoms with Crippen LogP contribution >= 0.6 is 0 Å². The van der Waals surface area contributed by atoms with Gasteiger partial charge >= 0.3 is 0 Å². The molecular formula is C8H16N2O. The maximum Gasteiger partial charge on any atom is 0.0738 e. The van der Waals surface area contributed by atoms with Crippen molar-refractivity contribution in [2.24, 2.45) is 0 Å². The van der Waals surface area contributed by atoms with E-state index in [4.69, 9.17) is 4.84 Å². The summed E-state index contributed by atoms with van der Waals surface area (Å²) in [7, 11) is 1.76. The lowest BCUT2D eigenvalue weighted by atomic mass is 9.92. The fraction of sp³-hybridized carbons (Fsp3) is 1.00. The standard InChI is InChI=1S/C8H16N2O/c1-11-10-6-9-7-4-2-3-5-8(7)10/h7-9H,2-6H2,1H3. The maximum absolute atomic E-state index is 5.25. The Morgan fingerprint density at radius 3 is 3.00 bits per heavy atom. The summed E-state index contributed by atoms with van der Waals surface area (Å²) in [5.74, 6) is 0. The Labute approximate surface area is 67.7 Å². The van der Waals surface area contributed by atoms with Gasteiger partial charge in [-0.3, -0.25) is 5.32 Å². The van der Waals surface area contributed by atoms with E-state index in [0.29, 0.717) is 12.1 Å². The SMILES string of the molecule is CON1CNC2CCCCC21. The molecule has 1 aliphatic carbocycles. The molecule has 3 heteroatoms.